The zero-order chi connectivity index (χ0) is 17.4. The Bertz CT molecular complexity index is 895. The molecule has 0 aliphatic carbocycles. The first-order valence-corrected chi connectivity index (χ1v) is 9.11. The molecule has 0 saturated heterocycles. The number of rotatable bonds is 3. The molecule has 4 rings (SSSR count). The van der Waals surface area contributed by atoms with Gasteiger partial charge in [-0.3, -0.25) is 0 Å². The number of hydrogen-bond acceptors (Lipinski definition) is 1. The molecule has 3 aromatic rings. The van der Waals surface area contributed by atoms with E-state index in [-0.39, 0.29) is 0 Å². The topological polar surface area (TPSA) is 18.0 Å². The van der Waals surface area contributed by atoms with Gasteiger partial charge in [0.25, 0.3) is 5.82 Å². The van der Waals surface area contributed by atoms with Crippen molar-refractivity contribution < 1.29 is 9.30 Å². The Morgan fingerprint density at radius 1 is 1.00 bits per heavy atom. The highest BCUT2D eigenvalue weighted by molar-refractivity contribution is 6.30. The second-order valence-corrected chi connectivity index (χ2v) is 6.94. The van der Waals surface area contributed by atoms with Crippen molar-refractivity contribution in [3.05, 3.63) is 65.1 Å². The fourth-order valence-corrected chi connectivity index (χ4v) is 3.96. The van der Waals surface area contributed by atoms with Crippen molar-refractivity contribution in [3.8, 4) is 22.7 Å². The summed E-state index contributed by atoms with van der Waals surface area (Å²) in [6.07, 6.45) is 3.56. The molecule has 0 saturated carbocycles. The molecule has 2 aromatic carbocycles. The summed E-state index contributed by atoms with van der Waals surface area (Å²) in [7, 11) is 1.70. The van der Waals surface area contributed by atoms with Gasteiger partial charge in [-0.25, -0.2) is 4.57 Å². The van der Waals surface area contributed by atoms with Gasteiger partial charge in [-0.1, -0.05) is 11.6 Å². The zero-order valence-electron chi connectivity index (χ0n) is 14.6. The summed E-state index contributed by atoms with van der Waals surface area (Å²) in [5, 5.41) is 0.773. The molecular weight excluding hydrogens is 332 g/mol. The van der Waals surface area contributed by atoms with E-state index in [0.29, 0.717) is 0 Å². The predicted octanol–water partition coefficient (Wildman–Crippen LogP) is 4.74. The first-order valence-electron chi connectivity index (χ1n) is 8.73. The van der Waals surface area contributed by atoms with E-state index in [4.69, 9.17) is 16.3 Å². The molecule has 1 aliphatic heterocycles. The van der Waals surface area contributed by atoms with E-state index in [1.165, 1.54) is 41.3 Å². The Morgan fingerprint density at radius 2 is 1.72 bits per heavy atom. The number of halogens is 1. The van der Waals surface area contributed by atoms with Gasteiger partial charge in [-0.2, -0.15) is 4.57 Å². The molecule has 0 fully saturated rings. The molecule has 0 N–H and O–H groups in total. The minimum atomic E-state index is 0.773. The van der Waals surface area contributed by atoms with Gasteiger partial charge in [0.1, 0.15) is 11.4 Å². The van der Waals surface area contributed by atoms with Crippen molar-refractivity contribution in [2.24, 2.45) is 0 Å². The summed E-state index contributed by atoms with van der Waals surface area (Å²) < 4.78 is 10.2. The standard InChI is InChI=1S/C21H22ClN2O/c1-15-21(16-6-8-17(22)9-7-16)23-14-4-3-5-20(23)24(15)18-10-12-19(25-2)13-11-18/h6-13H,3-5,14H2,1-2H3/q+1. The highest BCUT2D eigenvalue weighted by Gasteiger charge is 2.31. The molecular formula is C21H22ClN2O+. The summed E-state index contributed by atoms with van der Waals surface area (Å²) >= 11 is 6.09. The molecule has 128 valence electrons. The average molecular weight is 354 g/mol. The molecule has 0 unspecified atom stereocenters. The SMILES string of the molecule is COc1ccc(-n2c(C)c(-c3ccc(Cl)cc3)[n+]3c2CCCC3)cc1. The van der Waals surface area contributed by atoms with Crippen molar-refractivity contribution >= 4 is 11.6 Å². The van der Waals surface area contributed by atoms with E-state index in [2.05, 4.69) is 40.3 Å². The molecule has 1 aliphatic rings. The molecule has 0 spiro atoms. The van der Waals surface area contributed by atoms with E-state index in [9.17, 15) is 0 Å². The molecule has 2 heterocycles. The van der Waals surface area contributed by atoms with Gasteiger partial charge >= 0.3 is 0 Å². The number of imidazole rings is 1. The van der Waals surface area contributed by atoms with Gasteiger partial charge < -0.3 is 4.74 Å². The maximum absolute atomic E-state index is 6.09. The number of benzene rings is 2. The number of nitrogens with zero attached hydrogens (tertiary/aromatic N) is 2. The van der Waals surface area contributed by atoms with Crippen LogP contribution in [0.25, 0.3) is 16.9 Å². The summed E-state index contributed by atoms with van der Waals surface area (Å²) in [6.45, 7) is 3.27. The van der Waals surface area contributed by atoms with Gasteiger partial charge in [-0.15, -0.1) is 0 Å². The number of fused-ring (bicyclic) bond motifs is 1. The molecule has 1 aromatic heterocycles. The minimum Gasteiger partial charge on any atom is -0.497 e. The lowest BCUT2D eigenvalue weighted by Gasteiger charge is -2.11. The van der Waals surface area contributed by atoms with Crippen LogP contribution in [0, 0.1) is 6.92 Å². The summed E-state index contributed by atoms with van der Waals surface area (Å²) in [5.41, 5.74) is 4.97. The lowest BCUT2D eigenvalue weighted by atomic mass is 10.1. The molecule has 4 heteroatoms. The van der Waals surface area contributed by atoms with Crippen LogP contribution in [0.1, 0.15) is 24.4 Å². The van der Waals surface area contributed by atoms with Gasteiger partial charge in [0.05, 0.1) is 13.7 Å². The van der Waals surface area contributed by atoms with E-state index < -0.39 is 0 Å². The molecule has 0 bridgehead atoms. The van der Waals surface area contributed by atoms with Crippen LogP contribution in [0.5, 0.6) is 5.75 Å². The maximum atomic E-state index is 6.09. The van der Waals surface area contributed by atoms with E-state index >= 15 is 0 Å². The van der Waals surface area contributed by atoms with Crippen LogP contribution in [0.4, 0.5) is 0 Å². The highest BCUT2D eigenvalue weighted by atomic mass is 35.5. The van der Waals surface area contributed by atoms with Crippen LogP contribution in [0.3, 0.4) is 0 Å². The Hall–Kier alpha value is -2.26. The van der Waals surface area contributed by atoms with E-state index in [1.54, 1.807) is 7.11 Å². The minimum absolute atomic E-state index is 0.773. The zero-order valence-corrected chi connectivity index (χ0v) is 15.4. The van der Waals surface area contributed by atoms with Crippen LogP contribution in [-0.4, -0.2) is 11.7 Å². The lowest BCUT2D eigenvalue weighted by Crippen LogP contribution is -2.42. The van der Waals surface area contributed by atoms with Crippen LogP contribution in [0.2, 0.25) is 5.02 Å². The van der Waals surface area contributed by atoms with Crippen LogP contribution < -0.4 is 9.30 Å². The molecule has 25 heavy (non-hydrogen) atoms. The summed E-state index contributed by atoms with van der Waals surface area (Å²) in [4.78, 5) is 0. The average Bonchev–Trinajstić information content (AvgIpc) is 2.94. The van der Waals surface area contributed by atoms with Crippen molar-refractivity contribution in [1.29, 1.82) is 0 Å². The third-order valence-electron chi connectivity index (χ3n) is 5.00. The summed E-state index contributed by atoms with van der Waals surface area (Å²) in [5.74, 6) is 2.26. The molecule has 0 amide bonds. The highest BCUT2D eigenvalue weighted by Crippen LogP contribution is 2.29. The third kappa shape index (κ3) is 2.83. The van der Waals surface area contributed by atoms with Gasteiger partial charge in [0.2, 0.25) is 0 Å². The second kappa shape index (κ2) is 6.57. The fraction of sp³-hybridized carbons (Fsp3) is 0.286. The second-order valence-electron chi connectivity index (χ2n) is 6.50. The smallest absolute Gasteiger partial charge is 0.262 e. The first-order chi connectivity index (χ1) is 12.2. The van der Waals surface area contributed by atoms with Crippen molar-refractivity contribution in [3.63, 3.8) is 0 Å². The van der Waals surface area contributed by atoms with Crippen LogP contribution >= 0.6 is 11.6 Å². The fourth-order valence-electron chi connectivity index (χ4n) is 3.83. The quantitative estimate of drug-likeness (QED) is 0.622. The third-order valence-corrected chi connectivity index (χ3v) is 5.25. The van der Waals surface area contributed by atoms with Crippen molar-refractivity contribution in [2.75, 3.05) is 7.11 Å². The monoisotopic (exact) mass is 353 g/mol. The molecule has 3 nitrogen and oxygen atoms in total. The van der Waals surface area contributed by atoms with E-state index in [0.717, 1.165) is 23.7 Å². The van der Waals surface area contributed by atoms with Crippen LogP contribution in [0.15, 0.2) is 48.5 Å². The number of hydrogen-bond donors (Lipinski definition) is 0. The van der Waals surface area contributed by atoms with Gasteiger partial charge in [0, 0.05) is 23.9 Å². The number of ether oxygens (including phenoxy) is 1. The Kier molecular flexibility index (Phi) is 4.26. The Labute approximate surface area is 153 Å². The van der Waals surface area contributed by atoms with Crippen molar-refractivity contribution in [2.45, 2.75) is 32.7 Å². The van der Waals surface area contributed by atoms with Crippen molar-refractivity contribution in [1.82, 2.24) is 4.57 Å². The Balaban J connectivity index is 1.91. The number of aromatic nitrogens is 2. The predicted molar refractivity (Wildman–Crippen MR) is 101 cm³/mol. The normalized spacial score (nSPS) is 13.6. The van der Waals surface area contributed by atoms with Crippen LogP contribution in [-0.2, 0) is 13.0 Å². The maximum Gasteiger partial charge on any atom is 0.262 e. The Morgan fingerprint density at radius 3 is 2.40 bits per heavy atom. The first kappa shape index (κ1) is 16.2. The molecule has 0 radical (unpaired) electrons. The summed E-state index contributed by atoms with van der Waals surface area (Å²) in [6, 6.07) is 16.5. The molecule has 0 atom stereocenters. The van der Waals surface area contributed by atoms with Gasteiger partial charge in [-0.05, 0) is 61.4 Å². The van der Waals surface area contributed by atoms with E-state index in [1.807, 2.05) is 24.3 Å². The largest absolute Gasteiger partial charge is 0.497 e. The van der Waals surface area contributed by atoms with Gasteiger partial charge in [0.15, 0.2) is 11.4 Å². The number of methoxy groups -OCH3 is 1. The lowest BCUT2D eigenvalue weighted by molar-refractivity contribution is -0.698.